The van der Waals surface area contributed by atoms with Crippen LogP contribution in [0.3, 0.4) is 0 Å². The second kappa shape index (κ2) is 9.89. The molecule has 0 aliphatic rings. The fourth-order valence-corrected chi connectivity index (χ4v) is 2.95. The average Bonchev–Trinajstić information content (AvgIpc) is 3.35. The minimum atomic E-state index is -0.621. The Kier molecular flexibility index (Phi) is 7.25. The van der Waals surface area contributed by atoms with E-state index in [0.717, 1.165) is 0 Å². The van der Waals surface area contributed by atoms with Gasteiger partial charge in [0.15, 0.2) is 11.5 Å². The van der Waals surface area contributed by atoms with Gasteiger partial charge >= 0.3 is 5.97 Å². The second-order valence-corrected chi connectivity index (χ2v) is 7.55. The summed E-state index contributed by atoms with van der Waals surface area (Å²) in [5, 5.41) is 7.48. The van der Waals surface area contributed by atoms with Gasteiger partial charge in [-0.2, -0.15) is 5.10 Å². The molecule has 0 aliphatic heterocycles. The zero-order chi connectivity index (χ0) is 22.5. The van der Waals surface area contributed by atoms with Gasteiger partial charge in [0, 0.05) is 12.7 Å². The maximum Gasteiger partial charge on any atom is 0.361 e. The lowest BCUT2D eigenvalue weighted by Gasteiger charge is -2.08. The van der Waals surface area contributed by atoms with Gasteiger partial charge in [-0.15, -0.1) is 0 Å². The van der Waals surface area contributed by atoms with Crippen molar-refractivity contribution in [3.05, 3.63) is 63.8 Å². The highest BCUT2D eigenvalue weighted by molar-refractivity contribution is 6.42. The van der Waals surface area contributed by atoms with Crippen LogP contribution in [0.5, 0.6) is 5.75 Å². The number of esters is 1. The minimum Gasteiger partial charge on any atom is -0.484 e. The standard InChI is InChI=1S/C21H21Cl2N3O5/c1-4-26-10-15(19(25-26)21(28)30-12(2)3)24-20(27)17-9-8-13(31-17)11-29-16-7-5-6-14(22)18(16)23/h5-10,12H,4,11H2,1-3H3,(H,24,27). The van der Waals surface area contributed by atoms with Crippen LogP contribution in [0.1, 0.15) is 47.6 Å². The third-order valence-corrected chi connectivity index (χ3v) is 4.84. The molecular formula is C21H21Cl2N3O5. The van der Waals surface area contributed by atoms with Crippen LogP contribution in [0, 0.1) is 0 Å². The quantitative estimate of drug-likeness (QED) is 0.459. The molecule has 8 nitrogen and oxygen atoms in total. The van der Waals surface area contributed by atoms with Gasteiger partial charge in [-0.05, 0) is 45.0 Å². The summed E-state index contributed by atoms with van der Waals surface area (Å²) in [6.45, 7) is 5.90. The van der Waals surface area contributed by atoms with Crippen LogP contribution in [0.25, 0.3) is 0 Å². The Morgan fingerprint density at radius 3 is 2.71 bits per heavy atom. The number of benzene rings is 1. The van der Waals surface area contributed by atoms with Crippen molar-refractivity contribution >= 4 is 40.8 Å². The monoisotopic (exact) mass is 465 g/mol. The zero-order valence-corrected chi connectivity index (χ0v) is 18.7. The van der Waals surface area contributed by atoms with Crippen LogP contribution < -0.4 is 10.1 Å². The molecule has 0 fully saturated rings. The minimum absolute atomic E-state index is 0.0228. The normalized spacial score (nSPS) is 10.9. The number of nitrogens with zero attached hydrogens (tertiary/aromatic N) is 2. The Morgan fingerprint density at radius 2 is 2.00 bits per heavy atom. The van der Waals surface area contributed by atoms with E-state index in [4.69, 9.17) is 37.1 Å². The molecule has 10 heteroatoms. The van der Waals surface area contributed by atoms with Crippen molar-refractivity contribution in [3.63, 3.8) is 0 Å². The predicted molar refractivity (Wildman–Crippen MR) is 116 cm³/mol. The van der Waals surface area contributed by atoms with Crippen LogP contribution in [0.15, 0.2) is 40.9 Å². The molecule has 0 spiro atoms. The van der Waals surface area contributed by atoms with Gasteiger partial charge in [-0.3, -0.25) is 9.48 Å². The molecule has 3 aromatic rings. The van der Waals surface area contributed by atoms with E-state index < -0.39 is 11.9 Å². The van der Waals surface area contributed by atoms with Crippen LogP contribution >= 0.6 is 23.2 Å². The number of aryl methyl sites for hydroxylation is 1. The van der Waals surface area contributed by atoms with Crippen molar-refractivity contribution in [1.29, 1.82) is 0 Å². The van der Waals surface area contributed by atoms with E-state index in [1.165, 1.54) is 10.7 Å². The van der Waals surface area contributed by atoms with Gasteiger partial charge in [0.05, 0.1) is 16.8 Å². The number of ether oxygens (including phenoxy) is 2. The van der Waals surface area contributed by atoms with Crippen molar-refractivity contribution in [3.8, 4) is 5.75 Å². The summed E-state index contributed by atoms with van der Waals surface area (Å²) in [4.78, 5) is 24.9. The molecule has 1 amide bonds. The van der Waals surface area contributed by atoms with Crippen molar-refractivity contribution in [1.82, 2.24) is 9.78 Å². The topological polar surface area (TPSA) is 95.6 Å². The van der Waals surface area contributed by atoms with Gasteiger partial charge in [-0.1, -0.05) is 29.3 Å². The highest BCUT2D eigenvalue weighted by atomic mass is 35.5. The van der Waals surface area contributed by atoms with Gasteiger partial charge < -0.3 is 19.2 Å². The number of amides is 1. The molecule has 1 N–H and O–H groups in total. The first-order chi connectivity index (χ1) is 14.8. The zero-order valence-electron chi connectivity index (χ0n) is 17.1. The number of hydrogen-bond acceptors (Lipinski definition) is 6. The van der Waals surface area contributed by atoms with E-state index in [1.807, 2.05) is 6.92 Å². The Balaban J connectivity index is 1.69. The largest absolute Gasteiger partial charge is 0.484 e. The highest BCUT2D eigenvalue weighted by Crippen LogP contribution is 2.32. The third kappa shape index (κ3) is 5.59. The van der Waals surface area contributed by atoms with Gasteiger partial charge in [0.1, 0.15) is 23.1 Å². The second-order valence-electron chi connectivity index (χ2n) is 6.76. The molecule has 0 saturated carbocycles. The summed E-state index contributed by atoms with van der Waals surface area (Å²) in [6.07, 6.45) is 1.24. The molecule has 0 bridgehead atoms. The lowest BCUT2D eigenvalue weighted by molar-refractivity contribution is 0.0371. The van der Waals surface area contributed by atoms with E-state index in [-0.39, 0.29) is 29.9 Å². The Bertz CT molecular complexity index is 1090. The van der Waals surface area contributed by atoms with E-state index >= 15 is 0 Å². The number of aromatic nitrogens is 2. The number of hydrogen-bond donors (Lipinski definition) is 1. The summed E-state index contributed by atoms with van der Waals surface area (Å²) >= 11 is 12.1. The van der Waals surface area contributed by atoms with E-state index in [9.17, 15) is 9.59 Å². The van der Waals surface area contributed by atoms with E-state index in [0.29, 0.717) is 28.1 Å². The predicted octanol–water partition coefficient (Wildman–Crippen LogP) is 5.20. The first kappa shape index (κ1) is 22.7. The fourth-order valence-electron chi connectivity index (χ4n) is 2.60. The number of halogens is 2. The molecule has 2 aromatic heterocycles. The summed E-state index contributed by atoms with van der Waals surface area (Å²) in [5.74, 6) is -0.310. The number of rotatable bonds is 8. The Morgan fingerprint density at radius 1 is 1.23 bits per heavy atom. The molecule has 31 heavy (non-hydrogen) atoms. The lowest BCUT2D eigenvalue weighted by atomic mass is 10.3. The van der Waals surface area contributed by atoms with Gasteiger partial charge in [-0.25, -0.2) is 4.79 Å². The van der Waals surface area contributed by atoms with E-state index in [1.54, 1.807) is 44.3 Å². The first-order valence-electron chi connectivity index (χ1n) is 9.53. The van der Waals surface area contributed by atoms with Crippen LogP contribution in [0.4, 0.5) is 5.69 Å². The van der Waals surface area contributed by atoms with Crippen molar-refractivity contribution < 1.29 is 23.5 Å². The fraction of sp³-hybridized carbons (Fsp3) is 0.286. The van der Waals surface area contributed by atoms with Crippen LogP contribution in [0.2, 0.25) is 10.0 Å². The van der Waals surface area contributed by atoms with Crippen LogP contribution in [-0.2, 0) is 17.9 Å². The molecule has 0 saturated heterocycles. The van der Waals surface area contributed by atoms with Crippen LogP contribution in [-0.4, -0.2) is 27.8 Å². The SMILES string of the molecule is CCn1cc(NC(=O)c2ccc(COc3cccc(Cl)c3Cl)o2)c(C(=O)OC(C)C)n1. The maximum atomic E-state index is 12.6. The number of carbonyl (C=O) groups is 2. The molecule has 0 atom stereocenters. The average molecular weight is 466 g/mol. The first-order valence-corrected chi connectivity index (χ1v) is 10.3. The van der Waals surface area contributed by atoms with Gasteiger partial charge in [0.2, 0.25) is 0 Å². The molecule has 0 unspecified atom stereocenters. The van der Waals surface area contributed by atoms with E-state index in [2.05, 4.69) is 10.4 Å². The number of carbonyl (C=O) groups excluding carboxylic acids is 2. The smallest absolute Gasteiger partial charge is 0.361 e. The number of nitrogens with one attached hydrogen (secondary N) is 1. The highest BCUT2D eigenvalue weighted by Gasteiger charge is 2.22. The third-order valence-electron chi connectivity index (χ3n) is 4.04. The molecule has 3 rings (SSSR count). The molecule has 0 radical (unpaired) electrons. The molecule has 1 aromatic carbocycles. The van der Waals surface area contributed by atoms with Gasteiger partial charge in [0.25, 0.3) is 5.91 Å². The molecule has 164 valence electrons. The summed E-state index contributed by atoms with van der Waals surface area (Å²) in [7, 11) is 0. The molecular weight excluding hydrogens is 445 g/mol. The Labute approximate surface area is 189 Å². The van der Waals surface area contributed by atoms with Crippen molar-refractivity contribution in [2.24, 2.45) is 0 Å². The summed E-state index contributed by atoms with van der Waals surface area (Å²) in [5.41, 5.74) is 0.257. The lowest BCUT2D eigenvalue weighted by Crippen LogP contribution is -2.17. The molecule has 2 heterocycles. The maximum absolute atomic E-state index is 12.6. The number of anilines is 1. The molecule has 0 aliphatic carbocycles. The number of furan rings is 1. The Hall–Kier alpha value is -2.97. The summed E-state index contributed by atoms with van der Waals surface area (Å²) in [6, 6.07) is 8.15. The van der Waals surface area contributed by atoms with Crippen molar-refractivity contribution in [2.45, 2.75) is 40.0 Å². The summed E-state index contributed by atoms with van der Waals surface area (Å²) < 4.78 is 17.9. The van der Waals surface area contributed by atoms with Crippen molar-refractivity contribution in [2.75, 3.05) is 5.32 Å².